The molecule has 0 aliphatic carbocycles. The average molecular weight is 404 g/mol. The predicted octanol–water partition coefficient (Wildman–Crippen LogP) is 2.87. The molecule has 0 N–H and O–H groups in total. The number of fused-ring (bicyclic) bond motifs is 3. The molecule has 3 rings (SSSR count). The van der Waals surface area contributed by atoms with Crippen LogP contribution in [0, 0.1) is 0 Å². The molecule has 2 aliphatic rings. The highest BCUT2D eigenvalue weighted by molar-refractivity contribution is 5.92. The molecule has 2 aliphatic heterocycles. The highest BCUT2D eigenvalue weighted by atomic mass is 16.6. The molecule has 158 valence electrons. The van der Waals surface area contributed by atoms with Gasteiger partial charge in [-0.15, -0.1) is 0 Å². The Balaban J connectivity index is 2.02. The molecule has 0 saturated heterocycles. The Hall–Kier alpha value is -2.90. The van der Waals surface area contributed by atoms with Crippen LogP contribution in [0.5, 0.6) is 11.5 Å². The third-order valence-corrected chi connectivity index (χ3v) is 4.99. The van der Waals surface area contributed by atoms with Gasteiger partial charge in [0.2, 0.25) is 0 Å². The van der Waals surface area contributed by atoms with Gasteiger partial charge in [-0.05, 0) is 50.5 Å². The van der Waals surface area contributed by atoms with Crippen LogP contribution < -0.4 is 9.47 Å². The van der Waals surface area contributed by atoms with Crippen molar-refractivity contribution in [3.05, 3.63) is 35.2 Å². The summed E-state index contributed by atoms with van der Waals surface area (Å²) in [6.45, 7) is 6.33. The molecule has 0 fully saturated rings. The first kappa shape index (κ1) is 20.8. The summed E-state index contributed by atoms with van der Waals surface area (Å²) in [6.07, 6.45) is 1.88. The molecule has 0 bridgehead atoms. The number of carbonyl (C=O) groups is 2. The lowest BCUT2D eigenvalue weighted by molar-refractivity contribution is -0.138. The van der Waals surface area contributed by atoms with Gasteiger partial charge in [0.15, 0.2) is 11.5 Å². The Morgan fingerprint density at radius 2 is 1.72 bits per heavy atom. The van der Waals surface area contributed by atoms with Crippen LogP contribution in [0.15, 0.2) is 24.0 Å². The van der Waals surface area contributed by atoms with Crippen molar-refractivity contribution in [1.29, 1.82) is 0 Å². The third-order valence-electron chi connectivity index (χ3n) is 4.99. The van der Waals surface area contributed by atoms with E-state index in [1.165, 1.54) is 12.0 Å². The van der Waals surface area contributed by atoms with E-state index in [9.17, 15) is 9.59 Å². The topological polar surface area (TPSA) is 77.5 Å². The van der Waals surface area contributed by atoms with Crippen LogP contribution in [0.4, 0.5) is 4.79 Å². The lowest BCUT2D eigenvalue weighted by atomic mass is 9.90. The van der Waals surface area contributed by atoms with Crippen molar-refractivity contribution in [3.63, 3.8) is 0 Å². The van der Waals surface area contributed by atoms with Crippen molar-refractivity contribution in [2.24, 2.45) is 0 Å². The Labute approximate surface area is 171 Å². The van der Waals surface area contributed by atoms with E-state index < -0.39 is 17.7 Å². The predicted molar refractivity (Wildman–Crippen MR) is 106 cm³/mol. The minimum atomic E-state index is -0.684. The van der Waals surface area contributed by atoms with E-state index in [1.807, 2.05) is 12.1 Å². The number of amides is 1. The summed E-state index contributed by atoms with van der Waals surface area (Å²) in [4.78, 5) is 28.6. The minimum absolute atomic E-state index is 0.139. The second-order valence-electron chi connectivity index (χ2n) is 8.01. The Bertz CT molecular complexity index is 842. The van der Waals surface area contributed by atoms with Crippen LogP contribution in [0.25, 0.3) is 0 Å². The summed E-state index contributed by atoms with van der Waals surface area (Å²) in [5.41, 5.74) is 1.64. The van der Waals surface area contributed by atoms with E-state index in [2.05, 4.69) is 4.90 Å². The Morgan fingerprint density at radius 3 is 2.31 bits per heavy atom. The zero-order valence-electron chi connectivity index (χ0n) is 17.8. The summed E-state index contributed by atoms with van der Waals surface area (Å²) >= 11 is 0. The van der Waals surface area contributed by atoms with Gasteiger partial charge >= 0.3 is 12.1 Å². The molecular weight excluding hydrogens is 376 g/mol. The molecule has 1 amide bonds. The van der Waals surface area contributed by atoms with Gasteiger partial charge < -0.3 is 23.8 Å². The van der Waals surface area contributed by atoms with Gasteiger partial charge in [0, 0.05) is 12.7 Å². The van der Waals surface area contributed by atoms with Crippen LogP contribution in [-0.2, 0) is 20.7 Å². The van der Waals surface area contributed by atoms with Gasteiger partial charge in [0.1, 0.15) is 11.3 Å². The Morgan fingerprint density at radius 1 is 1.07 bits per heavy atom. The van der Waals surface area contributed by atoms with E-state index in [4.69, 9.17) is 18.9 Å². The van der Waals surface area contributed by atoms with Crippen molar-refractivity contribution in [2.75, 3.05) is 34.4 Å². The smallest absolute Gasteiger partial charge is 0.415 e. The normalized spacial score (nSPS) is 18.3. The molecule has 1 aromatic rings. The first-order valence-electron chi connectivity index (χ1n) is 9.49. The number of rotatable bonds is 3. The molecule has 0 radical (unpaired) electrons. The van der Waals surface area contributed by atoms with E-state index in [0.717, 1.165) is 17.5 Å². The molecule has 8 nitrogen and oxygen atoms in total. The first-order valence-corrected chi connectivity index (χ1v) is 9.49. The van der Waals surface area contributed by atoms with Crippen LogP contribution >= 0.6 is 0 Å². The summed E-state index contributed by atoms with van der Waals surface area (Å²) in [5.74, 6) is 0.720. The van der Waals surface area contributed by atoms with Gasteiger partial charge in [0.05, 0.1) is 33.9 Å². The zero-order valence-corrected chi connectivity index (χ0v) is 17.8. The molecule has 29 heavy (non-hydrogen) atoms. The maximum Gasteiger partial charge on any atom is 0.415 e. The number of nitrogens with zero attached hydrogens (tertiary/aromatic N) is 2. The first-order chi connectivity index (χ1) is 13.7. The van der Waals surface area contributed by atoms with Crippen LogP contribution in [0.1, 0.15) is 37.9 Å². The average Bonchev–Trinajstić information content (AvgIpc) is 2.69. The standard InChI is InChI=1S/C21H28N2O6/c1-21(2,3)29-20(25)23-12-15-14-10-18(27-5)17(26-4)9-13(14)7-8-22(15)11-16(23)19(24)28-6/h9-11,15H,7-8,12H2,1-6H3. The van der Waals surface area contributed by atoms with Crippen LogP contribution in [-0.4, -0.2) is 61.9 Å². The number of hydrogen-bond acceptors (Lipinski definition) is 7. The summed E-state index contributed by atoms with van der Waals surface area (Å²) < 4.78 is 21.3. The van der Waals surface area contributed by atoms with Crippen LogP contribution in [0.3, 0.4) is 0 Å². The second kappa shape index (κ2) is 7.85. The molecule has 8 heteroatoms. The van der Waals surface area contributed by atoms with Crippen molar-refractivity contribution in [3.8, 4) is 11.5 Å². The number of carbonyl (C=O) groups excluding carboxylic acids is 2. The molecule has 0 spiro atoms. The van der Waals surface area contributed by atoms with Gasteiger partial charge in [-0.3, -0.25) is 4.90 Å². The fourth-order valence-corrected chi connectivity index (χ4v) is 3.66. The van der Waals surface area contributed by atoms with Crippen LogP contribution in [0.2, 0.25) is 0 Å². The molecule has 1 atom stereocenters. The number of hydrogen-bond donors (Lipinski definition) is 0. The highest BCUT2D eigenvalue weighted by Gasteiger charge is 2.39. The highest BCUT2D eigenvalue weighted by Crippen LogP contribution is 2.41. The van der Waals surface area contributed by atoms with Crippen molar-refractivity contribution in [2.45, 2.75) is 38.8 Å². The van der Waals surface area contributed by atoms with Crippen molar-refractivity contribution < 1.29 is 28.5 Å². The molecule has 0 saturated carbocycles. The SMILES string of the molecule is COC(=O)C1=CN2CCc3cc(OC)c(OC)cc3C2CN1C(=O)OC(C)(C)C. The zero-order chi connectivity index (χ0) is 21.3. The molecule has 1 unspecified atom stereocenters. The monoisotopic (exact) mass is 404 g/mol. The minimum Gasteiger partial charge on any atom is -0.493 e. The molecule has 1 aromatic carbocycles. The quantitative estimate of drug-likeness (QED) is 0.717. The van der Waals surface area contributed by atoms with Crippen molar-refractivity contribution in [1.82, 2.24) is 9.80 Å². The lowest BCUT2D eigenvalue weighted by Crippen LogP contribution is -2.49. The third kappa shape index (κ3) is 4.11. The van der Waals surface area contributed by atoms with Gasteiger partial charge in [-0.2, -0.15) is 0 Å². The molecule has 0 aromatic heterocycles. The summed E-state index contributed by atoms with van der Waals surface area (Å²) in [6, 6.07) is 3.78. The van der Waals surface area contributed by atoms with Gasteiger partial charge in [-0.1, -0.05) is 0 Å². The van der Waals surface area contributed by atoms with Gasteiger partial charge in [-0.25, -0.2) is 9.59 Å². The number of ether oxygens (including phenoxy) is 4. The lowest BCUT2D eigenvalue weighted by Gasteiger charge is -2.44. The number of methoxy groups -OCH3 is 3. The van der Waals surface area contributed by atoms with Gasteiger partial charge in [0.25, 0.3) is 0 Å². The van der Waals surface area contributed by atoms with E-state index in [-0.39, 0.29) is 18.3 Å². The Kier molecular flexibility index (Phi) is 5.64. The second-order valence-corrected chi connectivity index (χ2v) is 8.01. The maximum atomic E-state index is 12.8. The fraction of sp³-hybridized carbons (Fsp3) is 0.524. The van der Waals surface area contributed by atoms with E-state index >= 15 is 0 Å². The fourth-order valence-electron chi connectivity index (χ4n) is 3.66. The maximum absolute atomic E-state index is 12.8. The largest absolute Gasteiger partial charge is 0.493 e. The number of benzene rings is 1. The summed E-state index contributed by atoms with van der Waals surface area (Å²) in [7, 11) is 4.49. The molecular formula is C21H28N2O6. The summed E-state index contributed by atoms with van der Waals surface area (Å²) in [5, 5.41) is 0. The van der Waals surface area contributed by atoms with E-state index in [0.29, 0.717) is 18.0 Å². The van der Waals surface area contributed by atoms with Crippen molar-refractivity contribution >= 4 is 12.1 Å². The number of esters is 1. The van der Waals surface area contributed by atoms with E-state index in [1.54, 1.807) is 41.2 Å². The molecule has 2 heterocycles.